The van der Waals surface area contributed by atoms with E-state index in [0.717, 1.165) is 62.5 Å². The molecule has 0 spiro atoms. The van der Waals surface area contributed by atoms with Crippen molar-refractivity contribution in [3.63, 3.8) is 0 Å². The van der Waals surface area contributed by atoms with E-state index in [1.807, 2.05) is 102 Å². The lowest BCUT2D eigenvalue weighted by molar-refractivity contribution is 0.996. The third-order valence-electron chi connectivity index (χ3n) is 17.2. The summed E-state index contributed by atoms with van der Waals surface area (Å²) in [5, 5.41) is 5.31. The maximum Gasteiger partial charge on any atom is 0.235 e. The fraction of sp³-hybridized carbons (Fsp3) is 0.0118. The molecule has 0 aliphatic heterocycles. The highest BCUT2D eigenvalue weighted by Crippen LogP contribution is 2.52. The second-order valence-electron chi connectivity index (χ2n) is 22.9. The van der Waals surface area contributed by atoms with Gasteiger partial charge >= 0.3 is 0 Å². The lowest BCUT2D eigenvalue weighted by atomic mass is 9.96. The normalized spacial score (nSPS) is 11.5. The second-order valence-corrected chi connectivity index (χ2v) is 25.3. The summed E-state index contributed by atoms with van der Waals surface area (Å²) in [6.07, 6.45) is 1.04. The molecule has 5 aromatic heterocycles. The van der Waals surface area contributed by atoms with E-state index in [4.69, 9.17) is 21.6 Å². The molecule has 0 bridgehead atoms. The lowest BCUT2D eigenvalue weighted by Gasteiger charge is -2.11. The number of thiophene rings is 2. The van der Waals surface area contributed by atoms with Gasteiger partial charge in [0.25, 0.3) is 0 Å². The van der Waals surface area contributed by atoms with Gasteiger partial charge in [-0.25, -0.2) is 19.9 Å². The van der Waals surface area contributed by atoms with E-state index in [1.165, 1.54) is 96.3 Å². The summed E-state index contributed by atoms with van der Waals surface area (Å²) in [6, 6.07) is 115. The van der Waals surface area contributed by atoms with Gasteiger partial charge in [-0.2, -0.15) is 0 Å². The maximum atomic E-state index is 6.03. The minimum absolute atomic E-state index is 0.264. The van der Waals surface area contributed by atoms with Crippen molar-refractivity contribution in [2.75, 3.05) is 0 Å². The molecule has 0 atom stereocenters. The van der Waals surface area contributed by atoms with Gasteiger partial charge in [0.2, 0.25) is 11.2 Å². The van der Waals surface area contributed by atoms with Crippen molar-refractivity contribution >= 4 is 76.3 Å². The first-order valence-corrected chi connectivity index (χ1v) is 33.1. The Labute approximate surface area is 552 Å². The van der Waals surface area contributed by atoms with Crippen LogP contribution in [0.25, 0.3) is 147 Å². The number of para-hydroxylation sites is 1. The number of fused-ring (bicyclic) bond motifs is 10. The zero-order valence-electron chi connectivity index (χ0n) is 50.3. The first kappa shape index (κ1) is 57.0. The number of aromatic nitrogens is 5. The first-order chi connectivity index (χ1) is 46.1. The van der Waals surface area contributed by atoms with Gasteiger partial charge in [0.15, 0.2) is 0 Å². The van der Waals surface area contributed by atoms with Gasteiger partial charge in [-0.3, -0.25) is 4.57 Å². The number of benzene rings is 12. The molecule has 0 N–H and O–H groups in total. The van der Waals surface area contributed by atoms with Crippen molar-refractivity contribution in [3.05, 3.63) is 344 Å². The molecule has 1 aliphatic carbocycles. The van der Waals surface area contributed by atoms with E-state index < -0.39 is 0 Å². The summed E-state index contributed by atoms with van der Waals surface area (Å²) in [5.74, 6) is 0.661. The van der Waals surface area contributed by atoms with E-state index in [9.17, 15) is 0 Å². The van der Waals surface area contributed by atoms with Gasteiger partial charge in [0, 0.05) is 79.6 Å². The van der Waals surface area contributed by atoms with Crippen LogP contribution in [-0.2, 0) is 6.42 Å². The van der Waals surface area contributed by atoms with Crippen LogP contribution in [0.5, 0.6) is 0 Å². The van der Waals surface area contributed by atoms with Gasteiger partial charge in [-0.1, -0.05) is 303 Å². The lowest BCUT2D eigenvalue weighted by Crippen LogP contribution is -2.03. The monoisotopic (exact) mass is 1250 g/mol. The molecular formula is C85H56ClN5S2. The molecule has 0 fully saturated rings. The van der Waals surface area contributed by atoms with Crippen molar-refractivity contribution in [3.8, 4) is 105 Å². The molecule has 0 amide bonds. The van der Waals surface area contributed by atoms with Crippen LogP contribution in [-0.4, -0.2) is 24.5 Å². The summed E-state index contributed by atoms with van der Waals surface area (Å²) in [5.41, 5.74) is 23.2. The molecule has 440 valence electrons. The van der Waals surface area contributed by atoms with Crippen LogP contribution < -0.4 is 0 Å². The largest absolute Gasteiger partial charge is 0.278 e. The molecule has 5 nitrogen and oxygen atoms in total. The van der Waals surface area contributed by atoms with E-state index in [-0.39, 0.29) is 5.28 Å². The Morgan fingerprint density at radius 3 is 1.15 bits per heavy atom. The van der Waals surface area contributed by atoms with Crippen molar-refractivity contribution < 1.29 is 0 Å². The molecule has 12 aromatic carbocycles. The van der Waals surface area contributed by atoms with Crippen LogP contribution in [0.3, 0.4) is 0 Å². The quantitative estimate of drug-likeness (QED) is 0.135. The van der Waals surface area contributed by atoms with Crippen molar-refractivity contribution in [1.29, 1.82) is 0 Å². The predicted molar refractivity (Wildman–Crippen MR) is 392 cm³/mol. The fourth-order valence-corrected chi connectivity index (χ4v) is 15.9. The minimum atomic E-state index is 0.264. The van der Waals surface area contributed by atoms with Gasteiger partial charge in [-0.05, 0) is 81.2 Å². The second kappa shape index (κ2) is 25.2. The van der Waals surface area contributed by atoms with Crippen LogP contribution >= 0.6 is 34.3 Å². The SMILES string of the molecule is Clc1nc(-c2ccccc2)cc(-c2ccccc2)n1.c1ccc(-c2cc(-c3ccccc3)nc(-n3c4ccccc4c4c5sc(-c6ccccc6)c(-c6ccccc6)c5ccc43)n2)cc1.c1ccc(-c2sc3c4c(ccc3c2-c2ccccc2)Cc2ccccc2-4)cc1. The summed E-state index contributed by atoms with van der Waals surface area (Å²) in [4.78, 5) is 21.7. The summed E-state index contributed by atoms with van der Waals surface area (Å²) in [6.45, 7) is 0. The molecule has 18 rings (SSSR count). The molecule has 0 unspecified atom stereocenters. The van der Waals surface area contributed by atoms with E-state index in [0.29, 0.717) is 5.95 Å². The van der Waals surface area contributed by atoms with Gasteiger partial charge in [-0.15, -0.1) is 22.7 Å². The Kier molecular flexibility index (Phi) is 15.5. The van der Waals surface area contributed by atoms with Crippen LogP contribution in [0.15, 0.2) is 328 Å². The molecule has 0 saturated heterocycles. The predicted octanol–water partition coefficient (Wildman–Crippen LogP) is 23.7. The Bertz CT molecular complexity index is 5390. The average Bonchev–Trinajstić information content (AvgIpc) is 1.57. The molecule has 1 aliphatic rings. The number of hydrogen-bond donors (Lipinski definition) is 0. The van der Waals surface area contributed by atoms with Crippen LogP contribution in [0, 0.1) is 0 Å². The Balaban J connectivity index is 0.000000123. The Hall–Kier alpha value is -11.2. The zero-order valence-corrected chi connectivity index (χ0v) is 52.7. The van der Waals surface area contributed by atoms with Gasteiger partial charge in [0.05, 0.1) is 33.8 Å². The van der Waals surface area contributed by atoms with Crippen molar-refractivity contribution in [1.82, 2.24) is 24.5 Å². The Morgan fingerprint density at radius 2 is 0.667 bits per heavy atom. The molecule has 0 saturated carbocycles. The molecule has 17 aromatic rings. The van der Waals surface area contributed by atoms with Gasteiger partial charge in [0.1, 0.15) is 0 Å². The van der Waals surface area contributed by atoms with Crippen LogP contribution in [0.2, 0.25) is 5.28 Å². The minimum Gasteiger partial charge on any atom is -0.278 e. The Morgan fingerprint density at radius 1 is 0.290 bits per heavy atom. The molecular weight excluding hydrogens is 1190 g/mol. The smallest absolute Gasteiger partial charge is 0.235 e. The maximum absolute atomic E-state index is 6.03. The third kappa shape index (κ3) is 11.1. The molecule has 93 heavy (non-hydrogen) atoms. The molecule has 0 radical (unpaired) electrons. The summed E-state index contributed by atoms with van der Waals surface area (Å²) in [7, 11) is 0. The molecule has 8 heteroatoms. The topological polar surface area (TPSA) is 56.5 Å². The standard InChI is InChI=1S/C42H27N3S.C27H18S.C16H11ClN2/c1-5-15-28(16-6-1)34-27-35(29-17-7-2-8-18-29)44-42(43-34)45-36-24-14-13-23-32(36)39-37(45)26-25-33-38(30-19-9-3-10-20-30)40(46-41(33)39)31-21-11-4-12-22-31;1-3-9-18(10-4-1)24-23-16-15-21-17-20-13-7-8-14-22(20)25(21)27(23)28-26(24)19-11-5-2-6-12-19;17-16-18-14(12-7-3-1-4-8-12)11-15(19-16)13-9-5-2-6-10-13/h1-27H;1-16H,17H2;1-11H. The highest BCUT2D eigenvalue weighted by Gasteiger charge is 2.26. The van der Waals surface area contributed by atoms with Crippen LogP contribution in [0.1, 0.15) is 11.1 Å². The average molecular weight is 1250 g/mol. The van der Waals surface area contributed by atoms with Gasteiger partial charge < -0.3 is 0 Å². The van der Waals surface area contributed by atoms with Crippen molar-refractivity contribution in [2.45, 2.75) is 6.42 Å². The van der Waals surface area contributed by atoms with Crippen molar-refractivity contribution in [2.24, 2.45) is 0 Å². The highest BCUT2D eigenvalue weighted by molar-refractivity contribution is 7.24. The number of hydrogen-bond acceptors (Lipinski definition) is 6. The summed E-state index contributed by atoms with van der Waals surface area (Å²) >= 11 is 9.84. The van der Waals surface area contributed by atoms with E-state index in [1.54, 1.807) is 0 Å². The van der Waals surface area contributed by atoms with E-state index >= 15 is 0 Å². The summed E-state index contributed by atoms with van der Waals surface area (Å²) < 4.78 is 4.93. The highest BCUT2D eigenvalue weighted by atomic mass is 35.5. The number of rotatable bonds is 9. The first-order valence-electron chi connectivity index (χ1n) is 31.1. The fourth-order valence-electron chi connectivity index (χ4n) is 12.9. The zero-order chi connectivity index (χ0) is 62.0. The number of nitrogens with zero attached hydrogens (tertiary/aromatic N) is 5. The van der Waals surface area contributed by atoms with E-state index in [2.05, 4.69) is 263 Å². The third-order valence-corrected chi connectivity index (χ3v) is 19.9. The number of halogens is 1. The molecule has 5 heterocycles. The van der Waals surface area contributed by atoms with Crippen LogP contribution in [0.4, 0.5) is 0 Å².